The Hall–Kier alpha value is -2.01. The molecule has 84 valence electrons. The van der Waals surface area contributed by atoms with Gasteiger partial charge in [0, 0.05) is 11.8 Å². The molecule has 0 aliphatic rings. The predicted octanol–water partition coefficient (Wildman–Crippen LogP) is 2.81. The first-order chi connectivity index (χ1) is 8.24. The number of halogens is 2. The van der Waals surface area contributed by atoms with Gasteiger partial charge in [0.05, 0.1) is 0 Å². The maximum absolute atomic E-state index is 12.8. The Morgan fingerprint density at radius 3 is 2.65 bits per heavy atom. The smallest absolute Gasteiger partial charge is 0.161 e. The highest BCUT2D eigenvalue weighted by molar-refractivity contribution is 6.33. The Morgan fingerprint density at radius 2 is 1.88 bits per heavy atom. The van der Waals surface area contributed by atoms with E-state index in [4.69, 9.17) is 11.6 Å². The molecule has 2 aromatic heterocycles. The van der Waals surface area contributed by atoms with E-state index in [0.717, 1.165) is 0 Å². The first-order valence-corrected chi connectivity index (χ1v) is 5.25. The summed E-state index contributed by atoms with van der Waals surface area (Å²) in [5.41, 5.74) is 1.86. The highest BCUT2D eigenvalue weighted by Gasteiger charge is 2.09. The molecule has 0 fully saturated rings. The lowest BCUT2D eigenvalue weighted by Gasteiger charge is -2.00. The molecule has 0 aliphatic heterocycles. The largest absolute Gasteiger partial charge is 0.283 e. The van der Waals surface area contributed by atoms with Gasteiger partial charge in [0.2, 0.25) is 0 Å². The SMILES string of the molecule is Fc1ccc(-c2nc(Cl)c3n[nH]cc3n2)cc1. The molecule has 0 bridgehead atoms. The number of aromatic amines is 1. The molecule has 3 rings (SSSR count). The molecule has 0 radical (unpaired) electrons. The van der Waals surface area contributed by atoms with Crippen LogP contribution in [0, 0.1) is 5.82 Å². The average Bonchev–Trinajstić information content (AvgIpc) is 2.78. The van der Waals surface area contributed by atoms with E-state index in [1.54, 1.807) is 18.3 Å². The van der Waals surface area contributed by atoms with E-state index in [9.17, 15) is 4.39 Å². The van der Waals surface area contributed by atoms with Gasteiger partial charge in [0.15, 0.2) is 11.0 Å². The fraction of sp³-hybridized carbons (Fsp3) is 0. The Labute approximate surface area is 100 Å². The van der Waals surface area contributed by atoms with Crippen LogP contribution in [-0.4, -0.2) is 20.2 Å². The molecule has 0 aliphatic carbocycles. The summed E-state index contributed by atoms with van der Waals surface area (Å²) in [7, 11) is 0. The van der Waals surface area contributed by atoms with Crippen LogP contribution in [0.2, 0.25) is 5.15 Å². The van der Waals surface area contributed by atoms with Crippen LogP contribution < -0.4 is 0 Å². The molecule has 2 heterocycles. The molecule has 17 heavy (non-hydrogen) atoms. The van der Waals surface area contributed by atoms with Crippen molar-refractivity contribution in [2.45, 2.75) is 0 Å². The maximum Gasteiger partial charge on any atom is 0.161 e. The highest BCUT2D eigenvalue weighted by Crippen LogP contribution is 2.22. The van der Waals surface area contributed by atoms with Crippen molar-refractivity contribution in [3.63, 3.8) is 0 Å². The van der Waals surface area contributed by atoms with Crippen molar-refractivity contribution >= 4 is 22.6 Å². The van der Waals surface area contributed by atoms with Crippen molar-refractivity contribution in [2.75, 3.05) is 0 Å². The third kappa shape index (κ3) is 1.74. The third-order valence-corrected chi connectivity index (χ3v) is 2.61. The molecule has 0 atom stereocenters. The summed E-state index contributed by atoms with van der Waals surface area (Å²) in [6.07, 6.45) is 1.63. The quantitative estimate of drug-likeness (QED) is 0.674. The van der Waals surface area contributed by atoms with E-state index < -0.39 is 0 Å². The zero-order valence-corrected chi connectivity index (χ0v) is 9.24. The molecule has 6 heteroatoms. The summed E-state index contributed by atoms with van der Waals surface area (Å²) in [6.45, 7) is 0. The summed E-state index contributed by atoms with van der Waals surface area (Å²) in [5.74, 6) is 0.146. The minimum Gasteiger partial charge on any atom is -0.283 e. The molecule has 1 aromatic carbocycles. The van der Waals surface area contributed by atoms with Gasteiger partial charge in [0.1, 0.15) is 16.9 Å². The van der Waals surface area contributed by atoms with Gasteiger partial charge in [-0.25, -0.2) is 14.4 Å². The predicted molar refractivity (Wildman–Crippen MR) is 62.1 cm³/mol. The summed E-state index contributed by atoms with van der Waals surface area (Å²) < 4.78 is 12.8. The number of hydrogen-bond acceptors (Lipinski definition) is 3. The Balaban J connectivity index is 2.20. The van der Waals surface area contributed by atoms with Gasteiger partial charge >= 0.3 is 0 Å². The first kappa shape index (κ1) is 10.2. The van der Waals surface area contributed by atoms with E-state index in [2.05, 4.69) is 20.2 Å². The summed E-state index contributed by atoms with van der Waals surface area (Å²) in [5, 5.41) is 6.87. The highest BCUT2D eigenvalue weighted by atomic mass is 35.5. The van der Waals surface area contributed by atoms with Crippen molar-refractivity contribution in [3.8, 4) is 11.4 Å². The maximum atomic E-state index is 12.8. The normalized spacial score (nSPS) is 10.9. The lowest BCUT2D eigenvalue weighted by atomic mass is 10.2. The lowest BCUT2D eigenvalue weighted by Crippen LogP contribution is -1.90. The number of H-pyrrole nitrogens is 1. The standard InChI is InChI=1S/C11H6ClFN4/c12-10-9-8(5-14-17-9)15-11(16-10)6-1-3-7(13)4-2-6/h1-5H,(H,14,17). The van der Waals surface area contributed by atoms with Crippen LogP contribution >= 0.6 is 11.6 Å². The molecule has 0 saturated carbocycles. The van der Waals surface area contributed by atoms with Crippen molar-refractivity contribution in [2.24, 2.45) is 0 Å². The zero-order chi connectivity index (χ0) is 11.8. The topological polar surface area (TPSA) is 54.5 Å². The van der Waals surface area contributed by atoms with Crippen LogP contribution in [0.1, 0.15) is 0 Å². The third-order valence-electron chi connectivity index (χ3n) is 2.35. The van der Waals surface area contributed by atoms with Crippen molar-refractivity contribution in [1.82, 2.24) is 20.2 Å². The molecule has 0 unspecified atom stereocenters. The number of nitrogens with zero attached hydrogens (tertiary/aromatic N) is 3. The van der Waals surface area contributed by atoms with Crippen LogP contribution in [0.5, 0.6) is 0 Å². The van der Waals surface area contributed by atoms with Crippen LogP contribution in [-0.2, 0) is 0 Å². The summed E-state index contributed by atoms with van der Waals surface area (Å²) >= 11 is 5.98. The first-order valence-electron chi connectivity index (χ1n) is 4.87. The minimum absolute atomic E-state index is 0.274. The van der Waals surface area contributed by atoms with Crippen LogP contribution in [0.15, 0.2) is 30.5 Å². The molecule has 3 aromatic rings. The van der Waals surface area contributed by atoms with Crippen LogP contribution in [0.4, 0.5) is 4.39 Å². The average molecular weight is 249 g/mol. The number of fused-ring (bicyclic) bond motifs is 1. The molecule has 0 amide bonds. The second-order valence-electron chi connectivity index (χ2n) is 3.46. The van der Waals surface area contributed by atoms with Crippen molar-refractivity contribution < 1.29 is 4.39 Å². The Kier molecular flexibility index (Phi) is 2.26. The van der Waals surface area contributed by atoms with Gasteiger partial charge in [-0.15, -0.1) is 0 Å². The van der Waals surface area contributed by atoms with Gasteiger partial charge in [0.25, 0.3) is 0 Å². The summed E-state index contributed by atoms with van der Waals surface area (Å²) in [4.78, 5) is 8.41. The molecule has 1 N–H and O–H groups in total. The van der Waals surface area contributed by atoms with Crippen LogP contribution in [0.25, 0.3) is 22.4 Å². The van der Waals surface area contributed by atoms with E-state index >= 15 is 0 Å². The zero-order valence-electron chi connectivity index (χ0n) is 8.48. The fourth-order valence-electron chi connectivity index (χ4n) is 1.53. The van der Waals surface area contributed by atoms with Crippen LogP contribution in [0.3, 0.4) is 0 Å². The second-order valence-corrected chi connectivity index (χ2v) is 3.82. The van der Waals surface area contributed by atoms with Gasteiger partial charge in [-0.1, -0.05) is 11.6 Å². The molecule has 4 nitrogen and oxygen atoms in total. The Bertz CT molecular complexity index is 678. The number of aromatic nitrogens is 4. The fourth-order valence-corrected chi connectivity index (χ4v) is 1.75. The van der Waals surface area contributed by atoms with E-state index in [1.807, 2.05) is 0 Å². The number of benzene rings is 1. The van der Waals surface area contributed by atoms with Crippen molar-refractivity contribution in [3.05, 3.63) is 41.4 Å². The monoisotopic (exact) mass is 248 g/mol. The van der Waals surface area contributed by atoms with Gasteiger partial charge in [-0.3, -0.25) is 5.10 Å². The molecular weight excluding hydrogens is 243 g/mol. The molecule has 0 spiro atoms. The number of hydrogen-bond donors (Lipinski definition) is 1. The van der Waals surface area contributed by atoms with Gasteiger partial charge in [-0.05, 0) is 24.3 Å². The molecule has 0 saturated heterocycles. The number of rotatable bonds is 1. The van der Waals surface area contributed by atoms with Gasteiger partial charge in [-0.2, -0.15) is 5.10 Å². The lowest BCUT2D eigenvalue weighted by molar-refractivity contribution is 0.628. The number of nitrogens with one attached hydrogen (secondary N) is 1. The minimum atomic E-state index is -0.302. The van der Waals surface area contributed by atoms with E-state index in [1.165, 1.54) is 12.1 Å². The Morgan fingerprint density at radius 1 is 1.12 bits per heavy atom. The molecular formula is C11H6ClFN4. The van der Waals surface area contributed by atoms with Gasteiger partial charge < -0.3 is 0 Å². The summed E-state index contributed by atoms with van der Waals surface area (Å²) in [6, 6.07) is 5.91. The second kappa shape index (κ2) is 3.78. The van der Waals surface area contributed by atoms with E-state index in [0.29, 0.717) is 22.4 Å². The van der Waals surface area contributed by atoms with Crippen molar-refractivity contribution in [1.29, 1.82) is 0 Å². The van der Waals surface area contributed by atoms with E-state index in [-0.39, 0.29) is 11.0 Å².